The summed E-state index contributed by atoms with van der Waals surface area (Å²) in [4.78, 5) is 12.2. The fourth-order valence-electron chi connectivity index (χ4n) is 2.33. The number of aryl methyl sites for hydroxylation is 2. The molecule has 0 fully saturated rings. The van der Waals surface area contributed by atoms with Crippen LogP contribution < -0.4 is 11.0 Å². The molecule has 0 aliphatic carbocycles. The minimum absolute atomic E-state index is 0.0166. The monoisotopic (exact) mass is 297 g/mol. The molecular formula is C14H20ClN3O2. The predicted molar refractivity (Wildman–Crippen MR) is 82.8 cm³/mol. The third-order valence-electron chi connectivity index (χ3n) is 3.37. The van der Waals surface area contributed by atoms with Gasteiger partial charge in [0, 0.05) is 25.3 Å². The Bertz CT molecular complexity index is 648. The summed E-state index contributed by atoms with van der Waals surface area (Å²) < 4.78 is 3.51. The van der Waals surface area contributed by atoms with Crippen LogP contribution in [0, 0.1) is 0 Å². The highest BCUT2D eigenvalue weighted by Crippen LogP contribution is 2.19. The number of aromatic nitrogens is 2. The number of nitrogens with zero attached hydrogens (tertiary/aromatic N) is 2. The van der Waals surface area contributed by atoms with E-state index in [-0.39, 0.29) is 11.6 Å². The van der Waals surface area contributed by atoms with Crippen LogP contribution in [0.15, 0.2) is 23.0 Å². The van der Waals surface area contributed by atoms with E-state index in [1.807, 2.05) is 32.0 Å². The van der Waals surface area contributed by atoms with Crippen molar-refractivity contribution in [1.29, 1.82) is 0 Å². The van der Waals surface area contributed by atoms with E-state index in [0.29, 0.717) is 19.6 Å². The smallest absolute Gasteiger partial charge is 0.329 e. The number of hydrogen-bond acceptors (Lipinski definition) is 3. The van der Waals surface area contributed by atoms with Gasteiger partial charge in [-0.2, -0.15) is 0 Å². The molecule has 20 heavy (non-hydrogen) atoms. The molecule has 110 valence electrons. The Balaban J connectivity index is 2.40. The molecule has 0 aliphatic heterocycles. The van der Waals surface area contributed by atoms with Gasteiger partial charge >= 0.3 is 5.69 Å². The number of alkyl halides is 1. The maximum atomic E-state index is 12.2. The van der Waals surface area contributed by atoms with E-state index >= 15 is 0 Å². The summed E-state index contributed by atoms with van der Waals surface area (Å²) in [6, 6.07) is 5.78. The van der Waals surface area contributed by atoms with Gasteiger partial charge in [0.05, 0.1) is 23.0 Å². The van der Waals surface area contributed by atoms with Gasteiger partial charge in [-0.1, -0.05) is 0 Å². The van der Waals surface area contributed by atoms with Crippen molar-refractivity contribution in [2.75, 3.05) is 17.7 Å². The summed E-state index contributed by atoms with van der Waals surface area (Å²) in [5.41, 5.74) is 2.73. The second-order valence-electron chi connectivity index (χ2n) is 4.66. The van der Waals surface area contributed by atoms with Crippen molar-refractivity contribution in [3.63, 3.8) is 0 Å². The summed E-state index contributed by atoms with van der Waals surface area (Å²) >= 11 is 5.57. The second-order valence-corrected chi connectivity index (χ2v) is 4.97. The zero-order chi connectivity index (χ0) is 14.7. The van der Waals surface area contributed by atoms with Gasteiger partial charge < -0.3 is 10.4 Å². The van der Waals surface area contributed by atoms with Crippen LogP contribution in [-0.4, -0.2) is 32.8 Å². The van der Waals surface area contributed by atoms with Crippen LogP contribution >= 0.6 is 11.6 Å². The fraction of sp³-hybridized carbons (Fsp3) is 0.500. The quantitative estimate of drug-likeness (QED) is 0.800. The first-order valence-corrected chi connectivity index (χ1v) is 7.36. The van der Waals surface area contributed by atoms with Crippen molar-refractivity contribution in [3.8, 4) is 0 Å². The van der Waals surface area contributed by atoms with Gasteiger partial charge in [-0.05, 0) is 32.0 Å². The van der Waals surface area contributed by atoms with Crippen LogP contribution in [0.4, 0.5) is 5.69 Å². The van der Waals surface area contributed by atoms with Crippen molar-refractivity contribution in [3.05, 3.63) is 28.7 Å². The Morgan fingerprint density at radius 1 is 1.25 bits per heavy atom. The molecule has 2 aromatic rings. The standard InChI is InChI=1S/C14H20ClN3O2/c1-3-17-12-6-5-10(16-9-11(19)8-15)7-13(12)18(4-2)14(17)20/h5-7,11,16,19H,3-4,8-9H2,1-2H3. The number of nitrogens with one attached hydrogen (secondary N) is 1. The van der Waals surface area contributed by atoms with Crippen LogP contribution in [0.3, 0.4) is 0 Å². The minimum Gasteiger partial charge on any atom is -0.390 e. The molecule has 2 rings (SSSR count). The predicted octanol–water partition coefficient (Wildman–Crippen LogP) is 1.85. The van der Waals surface area contributed by atoms with Gasteiger partial charge in [-0.3, -0.25) is 9.13 Å². The number of aliphatic hydroxyl groups is 1. The first kappa shape index (κ1) is 14.9. The topological polar surface area (TPSA) is 59.2 Å². The maximum absolute atomic E-state index is 12.2. The van der Waals surface area contributed by atoms with E-state index in [9.17, 15) is 9.90 Å². The Morgan fingerprint density at radius 3 is 2.50 bits per heavy atom. The number of anilines is 1. The maximum Gasteiger partial charge on any atom is 0.329 e. The van der Waals surface area contributed by atoms with E-state index in [4.69, 9.17) is 11.6 Å². The van der Waals surface area contributed by atoms with Gasteiger partial charge in [-0.15, -0.1) is 11.6 Å². The molecule has 6 heteroatoms. The van der Waals surface area contributed by atoms with Crippen LogP contribution in [0.2, 0.25) is 0 Å². The summed E-state index contributed by atoms with van der Waals surface area (Å²) in [5, 5.41) is 12.6. The van der Waals surface area contributed by atoms with Crippen LogP contribution in [-0.2, 0) is 13.1 Å². The Hall–Kier alpha value is -1.46. The lowest BCUT2D eigenvalue weighted by Crippen LogP contribution is -2.23. The molecule has 1 aromatic carbocycles. The lowest BCUT2D eigenvalue weighted by molar-refractivity contribution is 0.211. The van der Waals surface area contributed by atoms with Gasteiger partial charge in [0.1, 0.15) is 0 Å². The van der Waals surface area contributed by atoms with E-state index in [0.717, 1.165) is 16.7 Å². The number of imidazole rings is 1. The molecule has 0 saturated carbocycles. The minimum atomic E-state index is -0.582. The highest BCUT2D eigenvalue weighted by atomic mass is 35.5. The van der Waals surface area contributed by atoms with Crippen molar-refractivity contribution in [1.82, 2.24) is 9.13 Å². The zero-order valence-electron chi connectivity index (χ0n) is 11.8. The van der Waals surface area contributed by atoms with Gasteiger partial charge in [-0.25, -0.2) is 4.79 Å². The van der Waals surface area contributed by atoms with E-state index < -0.39 is 6.10 Å². The lowest BCUT2D eigenvalue weighted by atomic mass is 10.2. The van der Waals surface area contributed by atoms with Crippen molar-refractivity contribution < 1.29 is 5.11 Å². The number of benzene rings is 1. The van der Waals surface area contributed by atoms with Gasteiger partial charge in [0.15, 0.2) is 0 Å². The lowest BCUT2D eigenvalue weighted by Gasteiger charge is -2.10. The van der Waals surface area contributed by atoms with Crippen molar-refractivity contribution >= 4 is 28.3 Å². The molecule has 1 unspecified atom stereocenters. The first-order valence-electron chi connectivity index (χ1n) is 6.83. The Labute approximate surface area is 122 Å². The van der Waals surface area contributed by atoms with Crippen LogP contribution in [0.1, 0.15) is 13.8 Å². The van der Waals surface area contributed by atoms with Crippen molar-refractivity contribution in [2.24, 2.45) is 0 Å². The normalized spacial score (nSPS) is 12.8. The molecule has 0 aliphatic rings. The molecule has 0 saturated heterocycles. The molecule has 0 amide bonds. The van der Waals surface area contributed by atoms with E-state index in [1.165, 1.54) is 0 Å². The Morgan fingerprint density at radius 2 is 1.90 bits per heavy atom. The molecule has 0 radical (unpaired) electrons. The van der Waals surface area contributed by atoms with Crippen molar-refractivity contribution in [2.45, 2.75) is 33.0 Å². The summed E-state index contributed by atoms with van der Waals surface area (Å²) in [7, 11) is 0. The first-order chi connectivity index (χ1) is 9.62. The number of aliphatic hydroxyl groups excluding tert-OH is 1. The average Bonchev–Trinajstić information content (AvgIpc) is 2.74. The third-order valence-corrected chi connectivity index (χ3v) is 3.73. The molecule has 1 aromatic heterocycles. The zero-order valence-corrected chi connectivity index (χ0v) is 12.5. The molecular weight excluding hydrogens is 278 g/mol. The highest BCUT2D eigenvalue weighted by molar-refractivity contribution is 6.18. The third kappa shape index (κ3) is 2.69. The van der Waals surface area contributed by atoms with Crippen LogP contribution in [0.5, 0.6) is 0 Å². The second kappa shape index (κ2) is 6.33. The number of hydrogen-bond donors (Lipinski definition) is 2. The summed E-state index contributed by atoms with van der Waals surface area (Å²) in [6.45, 7) is 5.60. The largest absolute Gasteiger partial charge is 0.390 e. The molecule has 2 N–H and O–H groups in total. The SMILES string of the molecule is CCn1c(=O)n(CC)c2cc(NCC(O)CCl)ccc21. The fourth-order valence-corrected chi connectivity index (χ4v) is 2.44. The van der Waals surface area contributed by atoms with Crippen LogP contribution in [0.25, 0.3) is 11.0 Å². The molecule has 0 bridgehead atoms. The van der Waals surface area contributed by atoms with E-state index in [1.54, 1.807) is 9.13 Å². The molecule has 1 atom stereocenters. The Kier molecular flexibility index (Phi) is 4.73. The number of rotatable bonds is 6. The van der Waals surface area contributed by atoms with Gasteiger partial charge in [0.2, 0.25) is 0 Å². The average molecular weight is 298 g/mol. The molecule has 0 spiro atoms. The highest BCUT2D eigenvalue weighted by Gasteiger charge is 2.11. The van der Waals surface area contributed by atoms with E-state index in [2.05, 4.69) is 5.32 Å². The summed E-state index contributed by atoms with van der Waals surface area (Å²) in [6.07, 6.45) is -0.582. The summed E-state index contributed by atoms with van der Waals surface area (Å²) in [5.74, 6) is 0.196. The molecule has 1 heterocycles. The molecule has 5 nitrogen and oxygen atoms in total. The number of halogens is 1. The number of fused-ring (bicyclic) bond motifs is 1. The van der Waals surface area contributed by atoms with Gasteiger partial charge in [0.25, 0.3) is 0 Å².